The molecule has 0 radical (unpaired) electrons. The first-order chi connectivity index (χ1) is 9.19. The highest BCUT2D eigenvalue weighted by atomic mass is 32.2. The van der Waals surface area contributed by atoms with Crippen LogP contribution in [-0.4, -0.2) is 37.8 Å². The number of amides is 1. The van der Waals surface area contributed by atoms with Gasteiger partial charge in [-0.25, -0.2) is 8.42 Å². The average Bonchev–Trinajstić information content (AvgIpc) is 2.37. The molecular weight excluding hydrogens is 278 g/mol. The van der Waals surface area contributed by atoms with Crippen molar-refractivity contribution in [2.24, 2.45) is 0 Å². The van der Waals surface area contributed by atoms with Crippen molar-refractivity contribution in [3.05, 3.63) is 35.4 Å². The summed E-state index contributed by atoms with van der Waals surface area (Å²) in [6.45, 7) is 3.51. The number of carbonyl (C=O) groups excluding carboxylic acids is 1. The maximum atomic E-state index is 12.0. The fourth-order valence-electron chi connectivity index (χ4n) is 1.64. The molecule has 0 aromatic heterocycles. The molecule has 0 heterocycles. The first-order valence-corrected chi connectivity index (χ1v) is 8.45. The van der Waals surface area contributed by atoms with Crippen LogP contribution >= 0.6 is 0 Å². The Bertz CT molecular complexity index is 559. The molecule has 1 rings (SSSR count). The van der Waals surface area contributed by atoms with Gasteiger partial charge in [-0.05, 0) is 31.0 Å². The predicted octanol–water partition coefficient (Wildman–Crippen LogP) is 1.12. The molecule has 0 bridgehead atoms. The van der Waals surface area contributed by atoms with Crippen molar-refractivity contribution in [2.75, 3.05) is 12.9 Å². The van der Waals surface area contributed by atoms with E-state index in [2.05, 4.69) is 5.32 Å². The zero-order valence-electron chi connectivity index (χ0n) is 12.0. The van der Waals surface area contributed by atoms with Gasteiger partial charge in [0.15, 0.2) is 9.84 Å². The van der Waals surface area contributed by atoms with Crippen LogP contribution in [0.25, 0.3) is 0 Å². The molecule has 0 aliphatic carbocycles. The van der Waals surface area contributed by atoms with Crippen LogP contribution < -0.4 is 5.32 Å². The topological polar surface area (TPSA) is 83.5 Å². The lowest BCUT2D eigenvalue weighted by molar-refractivity contribution is 0.0847. The number of hydrogen-bond acceptors (Lipinski definition) is 4. The van der Waals surface area contributed by atoms with E-state index in [0.717, 1.165) is 0 Å². The predicted molar refractivity (Wildman–Crippen MR) is 78.2 cm³/mol. The molecule has 1 aromatic carbocycles. The number of rotatable bonds is 6. The van der Waals surface area contributed by atoms with Crippen LogP contribution in [0.3, 0.4) is 0 Å². The highest BCUT2D eigenvalue weighted by Crippen LogP contribution is 2.12. The smallest absolute Gasteiger partial charge is 0.251 e. The molecule has 0 aliphatic heterocycles. The minimum Gasteiger partial charge on any atom is -0.394 e. The molecule has 1 atom stereocenters. The third-order valence-electron chi connectivity index (χ3n) is 3.19. The molecule has 1 unspecified atom stereocenters. The Morgan fingerprint density at radius 1 is 1.30 bits per heavy atom. The Morgan fingerprint density at radius 2 is 1.85 bits per heavy atom. The van der Waals surface area contributed by atoms with Crippen molar-refractivity contribution in [1.82, 2.24) is 5.32 Å². The van der Waals surface area contributed by atoms with Gasteiger partial charge in [-0.1, -0.05) is 19.1 Å². The fourth-order valence-corrected chi connectivity index (χ4v) is 2.44. The van der Waals surface area contributed by atoms with Gasteiger partial charge in [0.25, 0.3) is 5.91 Å². The zero-order chi connectivity index (χ0) is 15.4. The molecule has 20 heavy (non-hydrogen) atoms. The van der Waals surface area contributed by atoms with Gasteiger partial charge in [0.2, 0.25) is 0 Å². The minimum atomic E-state index is -3.08. The van der Waals surface area contributed by atoms with Gasteiger partial charge in [0.1, 0.15) is 0 Å². The molecule has 1 aromatic rings. The van der Waals surface area contributed by atoms with E-state index < -0.39 is 15.4 Å². The summed E-state index contributed by atoms with van der Waals surface area (Å²) >= 11 is 0. The number of carbonyl (C=O) groups is 1. The van der Waals surface area contributed by atoms with Gasteiger partial charge < -0.3 is 10.4 Å². The molecule has 0 saturated heterocycles. The van der Waals surface area contributed by atoms with Crippen molar-refractivity contribution in [3.63, 3.8) is 0 Å². The van der Waals surface area contributed by atoms with Crippen molar-refractivity contribution in [3.8, 4) is 0 Å². The minimum absolute atomic E-state index is 0.0434. The lowest BCUT2D eigenvalue weighted by atomic mass is 9.99. The molecule has 1 amide bonds. The molecule has 112 valence electrons. The molecule has 0 saturated carbocycles. The van der Waals surface area contributed by atoms with E-state index in [0.29, 0.717) is 17.5 Å². The molecular formula is C14H21NO4S. The van der Waals surface area contributed by atoms with Gasteiger partial charge in [0, 0.05) is 11.8 Å². The normalized spacial score (nSPS) is 14.6. The maximum Gasteiger partial charge on any atom is 0.251 e. The van der Waals surface area contributed by atoms with Crippen LogP contribution in [0.15, 0.2) is 24.3 Å². The first kappa shape index (κ1) is 16.7. The quantitative estimate of drug-likeness (QED) is 0.824. The highest BCUT2D eigenvalue weighted by Gasteiger charge is 2.23. The Balaban J connectivity index is 2.81. The number of sulfone groups is 1. The van der Waals surface area contributed by atoms with Crippen LogP contribution in [-0.2, 0) is 15.6 Å². The summed E-state index contributed by atoms with van der Waals surface area (Å²) < 4.78 is 22.4. The molecule has 2 N–H and O–H groups in total. The van der Waals surface area contributed by atoms with Crippen LogP contribution in [0, 0.1) is 0 Å². The van der Waals surface area contributed by atoms with E-state index in [1.54, 1.807) is 31.2 Å². The van der Waals surface area contributed by atoms with Crippen molar-refractivity contribution >= 4 is 15.7 Å². The molecule has 0 spiro atoms. The van der Waals surface area contributed by atoms with Gasteiger partial charge in [-0.2, -0.15) is 0 Å². The Kier molecular flexibility index (Phi) is 5.30. The summed E-state index contributed by atoms with van der Waals surface area (Å²) in [6, 6.07) is 6.42. The summed E-state index contributed by atoms with van der Waals surface area (Å²) in [4.78, 5) is 12.0. The first-order valence-electron chi connectivity index (χ1n) is 6.39. The van der Waals surface area contributed by atoms with Gasteiger partial charge in [0.05, 0.1) is 17.9 Å². The third-order valence-corrected chi connectivity index (χ3v) is 4.05. The summed E-state index contributed by atoms with van der Waals surface area (Å²) in [7, 11) is -3.08. The van der Waals surface area contributed by atoms with E-state index in [-0.39, 0.29) is 18.3 Å². The maximum absolute atomic E-state index is 12.0. The summed E-state index contributed by atoms with van der Waals surface area (Å²) in [5.74, 6) is -0.326. The number of benzene rings is 1. The monoisotopic (exact) mass is 299 g/mol. The lowest BCUT2D eigenvalue weighted by Crippen LogP contribution is -2.48. The SMILES string of the molecule is CCC(C)(CO)NC(=O)c1ccc(CS(C)(=O)=O)cc1. The second-order valence-electron chi connectivity index (χ2n) is 5.29. The van der Waals surface area contributed by atoms with Crippen LogP contribution in [0.5, 0.6) is 0 Å². The van der Waals surface area contributed by atoms with E-state index in [1.165, 1.54) is 6.26 Å². The van der Waals surface area contributed by atoms with E-state index in [4.69, 9.17) is 0 Å². The molecule has 6 heteroatoms. The number of nitrogens with one attached hydrogen (secondary N) is 1. The summed E-state index contributed by atoms with van der Waals surface area (Å²) in [5.41, 5.74) is 0.433. The molecule has 0 aliphatic rings. The van der Waals surface area contributed by atoms with E-state index in [1.807, 2.05) is 6.92 Å². The standard InChI is InChI=1S/C14H21NO4S/c1-4-14(2,10-16)15-13(17)12-7-5-11(6-8-12)9-20(3,18)19/h5-8,16H,4,9-10H2,1-3H3,(H,15,17). The summed E-state index contributed by atoms with van der Waals surface area (Å²) in [5, 5.41) is 12.0. The van der Waals surface area contributed by atoms with Gasteiger partial charge in [-0.15, -0.1) is 0 Å². The largest absolute Gasteiger partial charge is 0.394 e. The van der Waals surface area contributed by atoms with Gasteiger partial charge >= 0.3 is 0 Å². The van der Waals surface area contributed by atoms with Gasteiger partial charge in [-0.3, -0.25) is 4.79 Å². The second kappa shape index (κ2) is 6.37. The number of aliphatic hydroxyl groups excluding tert-OH is 1. The van der Waals surface area contributed by atoms with Crippen molar-refractivity contribution in [2.45, 2.75) is 31.6 Å². The third kappa shape index (κ3) is 4.94. The summed E-state index contributed by atoms with van der Waals surface area (Å²) in [6.07, 6.45) is 1.78. The van der Waals surface area contributed by atoms with Crippen LogP contribution in [0.1, 0.15) is 36.2 Å². The van der Waals surface area contributed by atoms with E-state index >= 15 is 0 Å². The number of hydrogen-bond donors (Lipinski definition) is 2. The number of aliphatic hydroxyl groups is 1. The molecule has 5 nitrogen and oxygen atoms in total. The zero-order valence-corrected chi connectivity index (χ0v) is 12.8. The molecule has 0 fully saturated rings. The Hall–Kier alpha value is -1.40. The van der Waals surface area contributed by atoms with E-state index in [9.17, 15) is 18.3 Å². The van der Waals surface area contributed by atoms with Crippen molar-refractivity contribution < 1.29 is 18.3 Å². The Labute approximate surface area is 119 Å². The lowest BCUT2D eigenvalue weighted by Gasteiger charge is -2.27. The van der Waals surface area contributed by atoms with Crippen LogP contribution in [0.2, 0.25) is 0 Å². The fraction of sp³-hybridized carbons (Fsp3) is 0.500. The Morgan fingerprint density at radius 3 is 2.25 bits per heavy atom. The van der Waals surface area contributed by atoms with Crippen LogP contribution in [0.4, 0.5) is 0 Å². The van der Waals surface area contributed by atoms with Crippen molar-refractivity contribution in [1.29, 1.82) is 0 Å². The second-order valence-corrected chi connectivity index (χ2v) is 7.43. The highest BCUT2D eigenvalue weighted by molar-refractivity contribution is 7.89. The average molecular weight is 299 g/mol.